The van der Waals surface area contributed by atoms with Crippen LogP contribution in [0, 0.1) is 5.41 Å². The zero-order valence-electron chi connectivity index (χ0n) is 7.95. The lowest BCUT2D eigenvalue weighted by Crippen LogP contribution is -2.45. The maximum atomic E-state index is 9.38. The van der Waals surface area contributed by atoms with Crippen molar-refractivity contribution < 1.29 is 14.9 Å². The fourth-order valence-electron chi connectivity index (χ4n) is 1.37. The minimum absolute atomic E-state index is 0.0428. The van der Waals surface area contributed by atoms with Crippen LogP contribution >= 0.6 is 0 Å². The van der Waals surface area contributed by atoms with E-state index in [9.17, 15) is 10.2 Å². The van der Waals surface area contributed by atoms with E-state index in [-0.39, 0.29) is 18.1 Å². The first kappa shape index (κ1) is 9.96. The zero-order valence-corrected chi connectivity index (χ0v) is 7.95. The Bertz CT molecular complexity index is 150. The average Bonchev–Trinajstić information content (AvgIpc) is 1.92. The molecule has 3 nitrogen and oxygen atoms in total. The summed E-state index contributed by atoms with van der Waals surface area (Å²) >= 11 is 0. The van der Waals surface area contributed by atoms with Crippen molar-refractivity contribution in [3.63, 3.8) is 0 Å². The molecular weight excluding hydrogens is 156 g/mol. The lowest BCUT2D eigenvalue weighted by atomic mass is 9.83. The molecule has 72 valence electrons. The third kappa shape index (κ3) is 2.19. The second-order valence-corrected chi connectivity index (χ2v) is 4.56. The van der Waals surface area contributed by atoms with Crippen molar-refractivity contribution in [1.82, 2.24) is 0 Å². The van der Waals surface area contributed by atoms with Gasteiger partial charge in [0.1, 0.15) is 6.10 Å². The molecular formula is C9H18O3. The summed E-state index contributed by atoms with van der Waals surface area (Å²) < 4.78 is 5.42. The average molecular weight is 174 g/mol. The highest BCUT2D eigenvalue weighted by atomic mass is 16.5. The van der Waals surface area contributed by atoms with Gasteiger partial charge in [-0.2, -0.15) is 0 Å². The van der Waals surface area contributed by atoms with Gasteiger partial charge in [-0.15, -0.1) is 0 Å². The molecule has 12 heavy (non-hydrogen) atoms. The molecule has 1 saturated heterocycles. The normalized spacial score (nSPS) is 38.2. The Labute approximate surface area is 73.4 Å². The number of rotatable bonds is 0. The van der Waals surface area contributed by atoms with Crippen LogP contribution in [0.4, 0.5) is 0 Å². The van der Waals surface area contributed by atoms with Crippen LogP contribution in [0.5, 0.6) is 0 Å². The smallest absolute Gasteiger partial charge is 0.103 e. The number of hydrogen-bond acceptors (Lipinski definition) is 3. The topological polar surface area (TPSA) is 49.7 Å². The van der Waals surface area contributed by atoms with Crippen LogP contribution in [0.25, 0.3) is 0 Å². The van der Waals surface area contributed by atoms with E-state index in [2.05, 4.69) is 20.8 Å². The van der Waals surface area contributed by atoms with E-state index in [0.717, 1.165) is 0 Å². The molecule has 0 unspecified atom stereocenters. The van der Waals surface area contributed by atoms with Gasteiger partial charge in [0.15, 0.2) is 0 Å². The van der Waals surface area contributed by atoms with Gasteiger partial charge in [-0.1, -0.05) is 20.8 Å². The summed E-state index contributed by atoms with van der Waals surface area (Å²) in [5.74, 6) is 0. The Morgan fingerprint density at radius 2 is 1.75 bits per heavy atom. The quantitative estimate of drug-likeness (QED) is 0.563. The van der Waals surface area contributed by atoms with Gasteiger partial charge in [0.2, 0.25) is 0 Å². The summed E-state index contributed by atoms with van der Waals surface area (Å²) in [7, 11) is 0. The van der Waals surface area contributed by atoms with Crippen molar-refractivity contribution in [3.05, 3.63) is 0 Å². The first-order valence-electron chi connectivity index (χ1n) is 4.39. The number of aliphatic hydroxyl groups is 2. The van der Waals surface area contributed by atoms with Gasteiger partial charge in [-0.3, -0.25) is 0 Å². The fraction of sp³-hybridized carbons (Fsp3) is 1.00. The molecule has 3 heteroatoms. The molecule has 0 radical (unpaired) electrons. The molecule has 0 aromatic rings. The Kier molecular flexibility index (Phi) is 2.76. The second kappa shape index (κ2) is 3.32. The van der Waals surface area contributed by atoms with Gasteiger partial charge in [-0.25, -0.2) is 0 Å². The van der Waals surface area contributed by atoms with Crippen molar-refractivity contribution in [2.75, 3.05) is 6.61 Å². The van der Waals surface area contributed by atoms with E-state index in [1.54, 1.807) is 0 Å². The van der Waals surface area contributed by atoms with Crippen LogP contribution in [0.2, 0.25) is 0 Å². The van der Waals surface area contributed by atoms with E-state index >= 15 is 0 Å². The molecule has 1 aliphatic rings. The summed E-state index contributed by atoms with van der Waals surface area (Å²) in [5.41, 5.74) is 0.0428. The number of aliphatic hydroxyl groups excluding tert-OH is 2. The van der Waals surface area contributed by atoms with Crippen LogP contribution in [0.1, 0.15) is 27.2 Å². The zero-order chi connectivity index (χ0) is 9.35. The number of hydrogen-bond donors (Lipinski definition) is 2. The second-order valence-electron chi connectivity index (χ2n) is 4.56. The Morgan fingerprint density at radius 1 is 1.17 bits per heavy atom. The van der Waals surface area contributed by atoms with Crippen LogP contribution in [0.3, 0.4) is 0 Å². The van der Waals surface area contributed by atoms with Crippen molar-refractivity contribution in [2.45, 2.75) is 45.5 Å². The van der Waals surface area contributed by atoms with Gasteiger partial charge < -0.3 is 14.9 Å². The molecule has 2 N–H and O–H groups in total. The van der Waals surface area contributed by atoms with Crippen molar-refractivity contribution in [1.29, 1.82) is 0 Å². The molecule has 0 saturated carbocycles. The third-order valence-corrected chi connectivity index (χ3v) is 2.33. The minimum Gasteiger partial charge on any atom is -0.390 e. The molecule has 1 rings (SSSR count). The maximum Gasteiger partial charge on any atom is 0.103 e. The van der Waals surface area contributed by atoms with Crippen LogP contribution in [-0.4, -0.2) is 35.1 Å². The van der Waals surface area contributed by atoms with Gasteiger partial charge >= 0.3 is 0 Å². The van der Waals surface area contributed by atoms with E-state index in [1.165, 1.54) is 0 Å². The molecule has 1 fully saturated rings. The van der Waals surface area contributed by atoms with Crippen molar-refractivity contribution >= 4 is 0 Å². The highest BCUT2D eigenvalue weighted by Crippen LogP contribution is 2.29. The molecule has 0 aliphatic carbocycles. The van der Waals surface area contributed by atoms with Crippen molar-refractivity contribution in [3.8, 4) is 0 Å². The minimum atomic E-state index is -0.705. The third-order valence-electron chi connectivity index (χ3n) is 2.33. The van der Waals surface area contributed by atoms with Crippen LogP contribution in [0.15, 0.2) is 0 Å². The van der Waals surface area contributed by atoms with Gasteiger partial charge in [0.25, 0.3) is 0 Å². The van der Waals surface area contributed by atoms with E-state index in [1.807, 2.05) is 0 Å². The van der Waals surface area contributed by atoms with E-state index in [4.69, 9.17) is 4.74 Å². The first-order chi connectivity index (χ1) is 5.41. The summed E-state index contributed by atoms with van der Waals surface area (Å²) in [6, 6.07) is 0. The lowest BCUT2D eigenvalue weighted by molar-refractivity contribution is -0.148. The van der Waals surface area contributed by atoms with Gasteiger partial charge in [-0.05, 0) is 5.41 Å². The van der Waals surface area contributed by atoms with Crippen LogP contribution < -0.4 is 0 Å². The summed E-state index contributed by atoms with van der Waals surface area (Å²) in [6.07, 6.45) is -0.743. The molecule has 0 aromatic carbocycles. The molecule has 0 aromatic heterocycles. The van der Waals surface area contributed by atoms with E-state index in [0.29, 0.717) is 6.42 Å². The Hall–Kier alpha value is -0.120. The lowest BCUT2D eigenvalue weighted by Gasteiger charge is -2.37. The highest BCUT2D eigenvalue weighted by Gasteiger charge is 2.34. The monoisotopic (exact) mass is 174 g/mol. The largest absolute Gasteiger partial charge is 0.390 e. The number of ether oxygens (including phenoxy) is 1. The molecule has 3 atom stereocenters. The predicted molar refractivity (Wildman–Crippen MR) is 45.8 cm³/mol. The van der Waals surface area contributed by atoms with Crippen molar-refractivity contribution in [2.24, 2.45) is 5.41 Å². The first-order valence-corrected chi connectivity index (χ1v) is 4.39. The van der Waals surface area contributed by atoms with Gasteiger partial charge in [0.05, 0.1) is 18.8 Å². The highest BCUT2D eigenvalue weighted by molar-refractivity contribution is 4.84. The van der Waals surface area contributed by atoms with Gasteiger partial charge in [0, 0.05) is 6.42 Å². The molecule has 0 bridgehead atoms. The molecule has 0 spiro atoms. The standard InChI is InChI=1S/C9H18O3/c1-9(2,3)8-4-6(10)7(11)5-12-8/h6-8,10-11H,4-5H2,1-3H3/t6-,7-,8-/m1/s1. The maximum absolute atomic E-state index is 9.38. The molecule has 1 heterocycles. The van der Waals surface area contributed by atoms with Crippen LogP contribution in [-0.2, 0) is 4.74 Å². The predicted octanol–water partition coefficient (Wildman–Crippen LogP) is 0.543. The SMILES string of the molecule is CC(C)(C)[C@H]1C[C@@H](O)[C@H](O)CO1. The Balaban J connectivity index is 2.51. The molecule has 0 amide bonds. The summed E-state index contributed by atoms with van der Waals surface area (Å²) in [5, 5.41) is 18.6. The molecule has 1 aliphatic heterocycles. The summed E-state index contributed by atoms with van der Waals surface area (Å²) in [4.78, 5) is 0. The Morgan fingerprint density at radius 3 is 2.17 bits per heavy atom. The summed E-state index contributed by atoms with van der Waals surface area (Å²) in [6.45, 7) is 6.47. The fourth-order valence-corrected chi connectivity index (χ4v) is 1.37. The van der Waals surface area contributed by atoms with E-state index < -0.39 is 12.2 Å².